The second-order valence-corrected chi connectivity index (χ2v) is 13.6. The van der Waals surface area contributed by atoms with Gasteiger partial charge in [0, 0.05) is 31.7 Å². The van der Waals surface area contributed by atoms with E-state index in [9.17, 15) is 15.0 Å². The smallest absolute Gasteiger partial charge is 0.226 e. The molecule has 0 bridgehead atoms. The first-order valence-electron chi connectivity index (χ1n) is 15.0. The fraction of sp³-hybridized carbons (Fsp3) is 0.781. The molecule has 11 atom stereocenters. The number of hydrogen-bond acceptors (Lipinski definition) is 4. The summed E-state index contributed by atoms with van der Waals surface area (Å²) >= 11 is 0. The normalized spacial score (nSPS) is 46.5. The molecule has 5 fully saturated rings. The van der Waals surface area contributed by atoms with Gasteiger partial charge in [0.25, 0.3) is 0 Å². The van der Waals surface area contributed by atoms with E-state index in [1.54, 1.807) is 0 Å². The van der Waals surface area contributed by atoms with E-state index in [0.717, 1.165) is 44.2 Å². The van der Waals surface area contributed by atoms with Crippen molar-refractivity contribution in [3.63, 3.8) is 0 Å². The van der Waals surface area contributed by atoms with E-state index in [1.165, 1.54) is 25.7 Å². The van der Waals surface area contributed by atoms with E-state index in [-0.39, 0.29) is 35.0 Å². The van der Waals surface area contributed by atoms with Gasteiger partial charge < -0.3 is 19.8 Å². The first-order valence-corrected chi connectivity index (χ1v) is 15.0. The standard InChI is InChI=1S/C32H47NO4/c1-31-15-14-23(34)17-21(31)18-27(35)30-25-11-10-24-20(13-16-32(24,25)28(37-3)19-26(30)31)9-12-29(36)33(2)22-7-5-4-6-8-22/h4-8,20-21,23-28,30,34-35H,9-19H2,1-3H3/t20-,21-,23+,24+,25-,26-,27+,28-,30-,31-,32+/m0/s1. The molecule has 0 aromatic heterocycles. The third-order valence-electron chi connectivity index (χ3n) is 12.5. The summed E-state index contributed by atoms with van der Waals surface area (Å²) in [5.41, 5.74) is 1.32. The van der Waals surface area contributed by atoms with Crippen LogP contribution >= 0.6 is 0 Å². The van der Waals surface area contributed by atoms with Gasteiger partial charge in [-0.3, -0.25) is 4.79 Å². The van der Waals surface area contributed by atoms with Crippen molar-refractivity contribution < 1.29 is 19.7 Å². The maximum absolute atomic E-state index is 13.1. The Bertz CT molecular complexity index is 984. The van der Waals surface area contributed by atoms with Gasteiger partial charge in [0.2, 0.25) is 5.91 Å². The van der Waals surface area contributed by atoms with Crippen molar-refractivity contribution in [1.82, 2.24) is 0 Å². The Hall–Kier alpha value is -1.43. The number of nitrogens with zero attached hydrogens (tertiary/aromatic N) is 1. The summed E-state index contributed by atoms with van der Waals surface area (Å²) in [6, 6.07) is 9.95. The molecule has 0 aliphatic heterocycles. The molecule has 5 nitrogen and oxygen atoms in total. The van der Waals surface area contributed by atoms with Crippen LogP contribution in [0.5, 0.6) is 0 Å². The zero-order valence-electron chi connectivity index (χ0n) is 23.0. The molecule has 5 aliphatic rings. The summed E-state index contributed by atoms with van der Waals surface area (Å²) in [5, 5.41) is 22.0. The van der Waals surface area contributed by atoms with Gasteiger partial charge in [-0.25, -0.2) is 0 Å². The minimum atomic E-state index is -0.257. The number of aliphatic hydroxyl groups excluding tert-OH is 2. The Balaban J connectivity index is 1.20. The number of carbonyl (C=O) groups is 1. The van der Waals surface area contributed by atoms with Crippen LogP contribution in [0.4, 0.5) is 5.69 Å². The molecular formula is C32H47NO4. The van der Waals surface area contributed by atoms with E-state index in [0.29, 0.717) is 41.9 Å². The van der Waals surface area contributed by atoms with E-state index in [1.807, 2.05) is 49.4 Å². The third-order valence-corrected chi connectivity index (χ3v) is 12.5. The van der Waals surface area contributed by atoms with E-state index >= 15 is 0 Å². The number of methoxy groups -OCH3 is 1. The monoisotopic (exact) mass is 509 g/mol. The van der Waals surface area contributed by atoms with Crippen molar-refractivity contribution in [2.45, 2.75) is 95.9 Å². The highest BCUT2D eigenvalue weighted by atomic mass is 16.5. The van der Waals surface area contributed by atoms with Gasteiger partial charge in [-0.2, -0.15) is 0 Å². The molecule has 1 amide bonds. The van der Waals surface area contributed by atoms with Crippen molar-refractivity contribution in [3.05, 3.63) is 30.3 Å². The van der Waals surface area contributed by atoms with Gasteiger partial charge in [0.05, 0.1) is 18.3 Å². The summed E-state index contributed by atoms with van der Waals surface area (Å²) in [6.07, 6.45) is 10.8. The van der Waals surface area contributed by atoms with Crippen LogP contribution in [0.25, 0.3) is 0 Å². The third kappa shape index (κ3) is 3.93. The van der Waals surface area contributed by atoms with E-state index in [2.05, 4.69) is 6.92 Å². The van der Waals surface area contributed by atoms with Gasteiger partial charge in [-0.15, -0.1) is 0 Å². The van der Waals surface area contributed by atoms with Gasteiger partial charge in [-0.05, 0) is 117 Å². The van der Waals surface area contributed by atoms with Gasteiger partial charge >= 0.3 is 0 Å². The van der Waals surface area contributed by atoms with Crippen molar-refractivity contribution in [1.29, 1.82) is 0 Å². The topological polar surface area (TPSA) is 70.0 Å². The number of carbonyl (C=O) groups excluding carboxylic acids is 1. The predicted molar refractivity (Wildman–Crippen MR) is 145 cm³/mol. The predicted octanol–water partition coefficient (Wildman–Crippen LogP) is 5.44. The Labute approximate surface area is 223 Å². The average Bonchev–Trinajstić information content (AvgIpc) is 3.45. The van der Waals surface area contributed by atoms with Gasteiger partial charge in [0.15, 0.2) is 0 Å². The van der Waals surface area contributed by atoms with Crippen LogP contribution in [-0.4, -0.2) is 48.6 Å². The molecule has 0 saturated heterocycles. The largest absolute Gasteiger partial charge is 0.393 e. The molecule has 5 aliphatic carbocycles. The highest BCUT2D eigenvalue weighted by molar-refractivity contribution is 5.92. The van der Waals surface area contributed by atoms with Crippen molar-refractivity contribution in [2.24, 2.45) is 46.3 Å². The van der Waals surface area contributed by atoms with Crippen molar-refractivity contribution >= 4 is 11.6 Å². The van der Waals surface area contributed by atoms with Crippen LogP contribution in [0.15, 0.2) is 30.3 Å². The maximum atomic E-state index is 13.1. The quantitative estimate of drug-likeness (QED) is 0.555. The lowest BCUT2D eigenvalue weighted by atomic mass is 9.43. The summed E-state index contributed by atoms with van der Waals surface area (Å²) in [7, 11) is 3.81. The Morgan fingerprint density at radius 3 is 2.51 bits per heavy atom. The zero-order chi connectivity index (χ0) is 25.9. The fourth-order valence-corrected chi connectivity index (χ4v) is 10.8. The first kappa shape index (κ1) is 25.8. The number of ether oxygens (including phenoxy) is 1. The lowest BCUT2D eigenvalue weighted by Gasteiger charge is -2.64. The highest BCUT2D eigenvalue weighted by Gasteiger charge is 2.69. The Morgan fingerprint density at radius 2 is 1.76 bits per heavy atom. The zero-order valence-corrected chi connectivity index (χ0v) is 23.0. The van der Waals surface area contributed by atoms with Gasteiger partial charge in [-0.1, -0.05) is 25.1 Å². The van der Waals surface area contributed by atoms with Crippen molar-refractivity contribution in [2.75, 3.05) is 19.1 Å². The Morgan fingerprint density at radius 1 is 1.00 bits per heavy atom. The molecule has 204 valence electrons. The molecule has 6 rings (SSSR count). The van der Waals surface area contributed by atoms with Crippen molar-refractivity contribution in [3.8, 4) is 0 Å². The van der Waals surface area contributed by atoms with Crippen LogP contribution < -0.4 is 4.90 Å². The number of anilines is 1. The maximum Gasteiger partial charge on any atom is 0.226 e. The minimum absolute atomic E-state index is 0.160. The molecule has 0 unspecified atom stereocenters. The molecule has 1 aromatic carbocycles. The molecule has 1 spiro atoms. The number of benzene rings is 1. The van der Waals surface area contributed by atoms with Crippen LogP contribution in [0, 0.1) is 46.3 Å². The molecule has 0 radical (unpaired) electrons. The fourth-order valence-electron chi connectivity index (χ4n) is 10.8. The average molecular weight is 510 g/mol. The number of rotatable bonds is 5. The Kier molecular flexibility index (Phi) is 6.73. The van der Waals surface area contributed by atoms with E-state index in [4.69, 9.17) is 4.74 Å². The minimum Gasteiger partial charge on any atom is -0.393 e. The molecule has 2 N–H and O–H groups in total. The lowest BCUT2D eigenvalue weighted by Crippen LogP contribution is -2.62. The number of amides is 1. The second-order valence-electron chi connectivity index (χ2n) is 13.6. The number of aliphatic hydroxyl groups is 2. The van der Waals surface area contributed by atoms with Gasteiger partial charge in [0.1, 0.15) is 0 Å². The SMILES string of the molecule is CO[C@H]1C[C@H]2[C@@H]([C@H](O)C[C@@H]3C[C@H](O)CC[C@@]32C)[C@@H]2CC[C@@H]3[C@@H](CCC(=O)N(C)c4ccccc4)CC[C@@]132. The summed E-state index contributed by atoms with van der Waals surface area (Å²) in [5.74, 6) is 3.15. The van der Waals surface area contributed by atoms with Crippen LogP contribution in [-0.2, 0) is 9.53 Å². The molecule has 5 saturated carbocycles. The van der Waals surface area contributed by atoms with Crippen LogP contribution in [0.2, 0.25) is 0 Å². The number of hydrogen-bond donors (Lipinski definition) is 2. The highest BCUT2D eigenvalue weighted by Crippen LogP contribution is 2.72. The molecule has 5 heteroatoms. The first-order chi connectivity index (χ1) is 17.8. The van der Waals surface area contributed by atoms with E-state index < -0.39 is 0 Å². The second kappa shape index (κ2) is 9.64. The van der Waals surface area contributed by atoms with Crippen LogP contribution in [0.1, 0.15) is 77.6 Å². The molecule has 0 heterocycles. The van der Waals surface area contributed by atoms with Crippen LogP contribution in [0.3, 0.4) is 0 Å². The lowest BCUT2D eigenvalue weighted by molar-refractivity contribution is -0.211. The summed E-state index contributed by atoms with van der Waals surface area (Å²) in [4.78, 5) is 14.9. The molecule has 1 aromatic rings. The number of para-hydroxylation sites is 1. The summed E-state index contributed by atoms with van der Waals surface area (Å²) in [6.45, 7) is 2.47. The summed E-state index contributed by atoms with van der Waals surface area (Å²) < 4.78 is 6.40. The number of fused-ring (bicyclic) bond motifs is 4. The molecular weight excluding hydrogens is 462 g/mol. The molecule has 37 heavy (non-hydrogen) atoms.